The highest BCUT2D eigenvalue weighted by Crippen LogP contribution is 2.30. The molecule has 0 aliphatic rings. The van der Waals surface area contributed by atoms with Gasteiger partial charge in [0.25, 0.3) is 11.1 Å². The van der Waals surface area contributed by atoms with Crippen molar-refractivity contribution >= 4 is 0 Å². The van der Waals surface area contributed by atoms with Crippen LogP contribution in [0.2, 0.25) is 0 Å². The van der Waals surface area contributed by atoms with Gasteiger partial charge in [0.1, 0.15) is 0 Å². The maximum atomic E-state index is 13.7. The summed E-state index contributed by atoms with van der Waals surface area (Å²) in [5.74, 6) is -0.631. The summed E-state index contributed by atoms with van der Waals surface area (Å²) in [4.78, 5) is 31.9. The standard InChI is InChI=1S/C26H23N5O2/c1-17-22(25(32)30(28-17)19-11-5-3-6-12-19)24(21-15-9-10-16-27-21)23-18(2)29-31(26(23)33)20-13-7-4-8-14-20/h3-16,24,28-29H,1-2H3. The number of hydrogen-bond donors (Lipinski definition) is 2. The van der Waals surface area contributed by atoms with E-state index in [1.54, 1.807) is 6.20 Å². The maximum absolute atomic E-state index is 13.7. The first-order chi connectivity index (χ1) is 16.1. The third-order valence-corrected chi connectivity index (χ3v) is 5.82. The monoisotopic (exact) mass is 437 g/mol. The number of aromatic amines is 2. The van der Waals surface area contributed by atoms with Crippen LogP contribution in [0.25, 0.3) is 11.4 Å². The van der Waals surface area contributed by atoms with E-state index in [9.17, 15) is 9.59 Å². The van der Waals surface area contributed by atoms with E-state index in [1.807, 2.05) is 92.7 Å². The minimum absolute atomic E-state index is 0.208. The first-order valence-corrected chi connectivity index (χ1v) is 10.7. The molecule has 0 spiro atoms. The lowest BCUT2D eigenvalue weighted by Crippen LogP contribution is -2.25. The van der Waals surface area contributed by atoms with Crippen LogP contribution in [0.3, 0.4) is 0 Å². The predicted molar refractivity (Wildman–Crippen MR) is 127 cm³/mol. The minimum Gasteiger partial charge on any atom is -0.295 e. The number of nitrogens with one attached hydrogen (secondary N) is 2. The van der Waals surface area contributed by atoms with Crippen molar-refractivity contribution in [2.75, 3.05) is 0 Å². The number of para-hydroxylation sites is 2. The number of pyridine rings is 1. The molecule has 3 heterocycles. The molecule has 164 valence electrons. The Morgan fingerprint density at radius 2 is 1.12 bits per heavy atom. The van der Waals surface area contributed by atoms with Crippen molar-refractivity contribution in [1.82, 2.24) is 24.5 Å². The minimum atomic E-state index is -0.631. The Morgan fingerprint density at radius 3 is 1.55 bits per heavy atom. The van der Waals surface area contributed by atoms with E-state index in [0.717, 1.165) is 11.4 Å². The summed E-state index contributed by atoms with van der Waals surface area (Å²) in [5, 5.41) is 6.37. The van der Waals surface area contributed by atoms with Gasteiger partial charge in [-0.1, -0.05) is 42.5 Å². The summed E-state index contributed by atoms with van der Waals surface area (Å²) < 4.78 is 3.02. The highest BCUT2D eigenvalue weighted by molar-refractivity contribution is 5.45. The average molecular weight is 438 g/mol. The van der Waals surface area contributed by atoms with E-state index in [1.165, 1.54) is 9.36 Å². The van der Waals surface area contributed by atoms with Gasteiger partial charge >= 0.3 is 0 Å². The van der Waals surface area contributed by atoms with Crippen LogP contribution in [-0.2, 0) is 0 Å². The molecule has 5 aromatic rings. The van der Waals surface area contributed by atoms with E-state index in [2.05, 4.69) is 15.2 Å². The SMILES string of the molecule is Cc1[nH]n(-c2ccccc2)c(=O)c1C(c1ccccn1)c1c(C)[nH]n(-c2ccccc2)c1=O. The van der Waals surface area contributed by atoms with Crippen LogP contribution in [0.5, 0.6) is 0 Å². The topological polar surface area (TPSA) is 88.5 Å². The molecule has 0 saturated carbocycles. The lowest BCUT2D eigenvalue weighted by molar-refractivity contribution is 0.827. The fourth-order valence-electron chi connectivity index (χ4n) is 4.30. The van der Waals surface area contributed by atoms with E-state index in [-0.39, 0.29) is 11.1 Å². The van der Waals surface area contributed by atoms with E-state index in [4.69, 9.17) is 0 Å². The number of rotatable bonds is 5. The van der Waals surface area contributed by atoms with Crippen LogP contribution in [-0.4, -0.2) is 24.5 Å². The zero-order valence-corrected chi connectivity index (χ0v) is 18.3. The van der Waals surface area contributed by atoms with Crippen molar-refractivity contribution in [3.63, 3.8) is 0 Å². The van der Waals surface area contributed by atoms with E-state index < -0.39 is 5.92 Å². The fourth-order valence-corrected chi connectivity index (χ4v) is 4.30. The zero-order chi connectivity index (χ0) is 22.9. The van der Waals surface area contributed by atoms with Crippen molar-refractivity contribution < 1.29 is 0 Å². The van der Waals surface area contributed by atoms with Gasteiger partial charge in [0, 0.05) is 17.6 Å². The Hall–Kier alpha value is -4.39. The summed E-state index contributed by atoms with van der Waals surface area (Å²) in [6.07, 6.45) is 1.68. The molecule has 0 radical (unpaired) electrons. The molecule has 0 amide bonds. The largest absolute Gasteiger partial charge is 0.295 e. The first kappa shape index (κ1) is 20.5. The smallest absolute Gasteiger partial charge is 0.275 e. The Balaban J connectivity index is 1.76. The Bertz CT molecular complexity index is 1410. The molecule has 7 heteroatoms. The van der Waals surface area contributed by atoms with Gasteiger partial charge in [-0.2, -0.15) is 0 Å². The second kappa shape index (κ2) is 8.27. The quantitative estimate of drug-likeness (QED) is 0.438. The molecule has 0 unspecified atom stereocenters. The molecule has 3 aromatic heterocycles. The van der Waals surface area contributed by atoms with Gasteiger partial charge in [0.15, 0.2) is 0 Å². The number of benzene rings is 2. The summed E-state index contributed by atoms with van der Waals surface area (Å²) in [7, 11) is 0. The molecule has 5 rings (SSSR count). The van der Waals surface area contributed by atoms with E-state index in [0.29, 0.717) is 28.2 Å². The summed E-state index contributed by atoms with van der Waals surface area (Å²) in [6.45, 7) is 3.70. The Morgan fingerprint density at radius 1 is 0.667 bits per heavy atom. The van der Waals surface area contributed by atoms with Crippen molar-refractivity contribution in [1.29, 1.82) is 0 Å². The maximum Gasteiger partial charge on any atom is 0.275 e. The van der Waals surface area contributed by atoms with E-state index >= 15 is 0 Å². The molecule has 2 aromatic carbocycles. The number of hydrogen-bond acceptors (Lipinski definition) is 3. The first-order valence-electron chi connectivity index (χ1n) is 10.7. The van der Waals surface area contributed by atoms with Gasteiger partial charge in [0.05, 0.1) is 34.1 Å². The predicted octanol–water partition coefficient (Wildman–Crippen LogP) is 3.84. The van der Waals surface area contributed by atoms with Gasteiger partial charge in [-0.05, 0) is 50.2 Å². The zero-order valence-electron chi connectivity index (χ0n) is 18.3. The molecule has 0 aliphatic carbocycles. The van der Waals surface area contributed by atoms with Gasteiger partial charge in [-0.3, -0.25) is 24.8 Å². The molecule has 0 bridgehead atoms. The lowest BCUT2D eigenvalue weighted by atomic mass is 9.88. The molecule has 7 nitrogen and oxygen atoms in total. The number of nitrogens with zero attached hydrogens (tertiary/aromatic N) is 3. The number of aromatic nitrogens is 5. The molecular weight excluding hydrogens is 414 g/mol. The summed E-state index contributed by atoms with van der Waals surface area (Å²) in [6, 6.07) is 24.3. The number of aryl methyl sites for hydroxylation is 2. The molecule has 0 aliphatic heterocycles. The second-order valence-electron chi connectivity index (χ2n) is 7.94. The van der Waals surface area contributed by atoms with Crippen molar-refractivity contribution in [2.45, 2.75) is 19.8 Å². The van der Waals surface area contributed by atoms with Gasteiger partial charge in [-0.25, -0.2) is 9.36 Å². The van der Waals surface area contributed by atoms with Gasteiger partial charge in [-0.15, -0.1) is 0 Å². The molecule has 0 fully saturated rings. The molecule has 0 saturated heterocycles. The van der Waals surface area contributed by atoms with Crippen LogP contribution in [0.15, 0.2) is 94.6 Å². The molecule has 2 N–H and O–H groups in total. The second-order valence-corrected chi connectivity index (χ2v) is 7.94. The van der Waals surface area contributed by atoms with Gasteiger partial charge in [0.2, 0.25) is 0 Å². The van der Waals surface area contributed by atoms with Crippen molar-refractivity contribution in [3.8, 4) is 11.4 Å². The van der Waals surface area contributed by atoms with Crippen molar-refractivity contribution in [3.05, 3.63) is 134 Å². The van der Waals surface area contributed by atoms with Crippen LogP contribution in [0.1, 0.15) is 34.1 Å². The summed E-state index contributed by atoms with van der Waals surface area (Å²) in [5.41, 5.74) is 4.04. The third-order valence-electron chi connectivity index (χ3n) is 5.82. The highest BCUT2D eigenvalue weighted by Gasteiger charge is 2.31. The molecule has 0 atom stereocenters. The number of H-pyrrole nitrogens is 2. The highest BCUT2D eigenvalue weighted by atomic mass is 16.1. The normalized spacial score (nSPS) is 11.2. The lowest BCUT2D eigenvalue weighted by Gasteiger charge is -2.14. The molecule has 33 heavy (non-hydrogen) atoms. The Kier molecular flexibility index (Phi) is 5.14. The molecular formula is C26H23N5O2. The fraction of sp³-hybridized carbons (Fsp3) is 0.115. The van der Waals surface area contributed by atoms with Crippen LogP contribution in [0.4, 0.5) is 0 Å². The van der Waals surface area contributed by atoms with Gasteiger partial charge < -0.3 is 0 Å². The average Bonchev–Trinajstić information content (AvgIpc) is 3.31. The third kappa shape index (κ3) is 3.53. The van der Waals surface area contributed by atoms with Crippen molar-refractivity contribution in [2.24, 2.45) is 0 Å². The van der Waals surface area contributed by atoms with Crippen LogP contribution >= 0.6 is 0 Å². The van der Waals surface area contributed by atoms with Crippen LogP contribution in [0, 0.1) is 13.8 Å². The summed E-state index contributed by atoms with van der Waals surface area (Å²) >= 11 is 0. The Labute approximate surface area is 190 Å². The van der Waals surface area contributed by atoms with Crippen LogP contribution < -0.4 is 11.1 Å².